The van der Waals surface area contributed by atoms with Crippen LogP contribution in [0.2, 0.25) is 0 Å². The zero-order valence-electron chi connectivity index (χ0n) is 6.27. The third-order valence-electron chi connectivity index (χ3n) is 1.46. The minimum Gasteiger partial charge on any atom is -0.392 e. The molecule has 2 nitrogen and oxygen atoms in total. The van der Waals surface area contributed by atoms with Gasteiger partial charge in [0.1, 0.15) is 10.4 Å². The van der Waals surface area contributed by atoms with Crippen molar-refractivity contribution >= 4 is 15.9 Å². The molecule has 0 saturated heterocycles. The third-order valence-corrected chi connectivity index (χ3v) is 2.09. The van der Waals surface area contributed by atoms with Crippen molar-refractivity contribution in [2.75, 3.05) is 0 Å². The van der Waals surface area contributed by atoms with E-state index < -0.39 is 24.4 Å². The maximum Gasteiger partial charge on any atom is 0.269 e. The molecule has 6 heteroatoms. The minimum atomic E-state index is -2.95. The molecule has 0 fully saturated rings. The first kappa shape index (κ1) is 10.5. The molecule has 1 aromatic rings. The first-order valence-corrected chi connectivity index (χ1v) is 4.09. The Morgan fingerprint density at radius 2 is 2.15 bits per heavy atom. The predicted molar refractivity (Wildman–Crippen MR) is 42.8 cm³/mol. The van der Waals surface area contributed by atoms with E-state index in [2.05, 4.69) is 20.9 Å². The van der Waals surface area contributed by atoms with E-state index >= 15 is 0 Å². The first-order chi connectivity index (χ1) is 6.07. The lowest BCUT2D eigenvalue weighted by molar-refractivity contribution is 0.144. The van der Waals surface area contributed by atoms with E-state index in [-0.39, 0.29) is 10.2 Å². The van der Waals surface area contributed by atoms with Crippen molar-refractivity contribution in [2.24, 2.45) is 0 Å². The smallest absolute Gasteiger partial charge is 0.269 e. The van der Waals surface area contributed by atoms with Gasteiger partial charge in [-0.05, 0) is 15.9 Å². The Kier molecular flexibility index (Phi) is 3.27. The number of rotatable bonds is 2. The highest BCUT2D eigenvalue weighted by Crippen LogP contribution is 2.29. The number of nitrogens with zero attached hydrogens (tertiary/aromatic N) is 1. The number of halogens is 4. The predicted octanol–water partition coefficient (Wildman–Crippen LogP) is 2.41. The van der Waals surface area contributed by atoms with E-state index in [1.807, 2.05) is 0 Å². The summed E-state index contributed by atoms with van der Waals surface area (Å²) in [4.78, 5) is 3.47. The lowest BCUT2D eigenvalue weighted by Gasteiger charge is -2.06. The summed E-state index contributed by atoms with van der Waals surface area (Å²) in [6.07, 6.45) is -1.95. The van der Waals surface area contributed by atoms with Crippen LogP contribution in [0, 0.1) is 5.82 Å². The second-order valence-corrected chi connectivity index (χ2v) is 3.01. The number of alkyl halides is 2. The van der Waals surface area contributed by atoms with Gasteiger partial charge in [0.05, 0.1) is 12.2 Å². The van der Waals surface area contributed by atoms with Crippen molar-refractivity contribution in [2.45, 2.75) is 13.0 Å². The molecule has 0 spiro atoms. The molecular weight excluding hydrogens is 251 g/mol. The van der Waals surface area contributed by atoms with Crippen LogP contribution in [0.5, 0.6) is 0 Å². The van der Waals surface area contributed by atoms with E-state index in [1.54, 1.807) is 0 Å². The second-order valence-electron chi connectivity index (χ2n) is 2.26. The Morgan fingerprint density at radius 3 is 2.62 bits per heavy atom. The van der Waals surface area contributed by atoms with Crippen LogP contribution in [0.15, 0.2) is 10.8 Å². The Labute approximate surface area is 80.5 Å². The Hall–Kier alpha value is -0.620. The van der Waals surface area contributed by atoms with E-state index in [9.17, 15) is 13.2 Å². The van der Waals surface area contributed by atoms with Gasteiger partial charge in [-0.3, -0.25) is 0 Å². The van der Waals surface area contributed by atoms with Gasteiger partial charge < -0.3 is 5.11 Å². The standard InChI is InChI=1S/C7H5BrF3NO/c8-6-4(7(10)11)5(9)3(2-13)1-12-6/h1,7,13H,2H2. The van der Waals surface area contributed by atoms with Crippen LogP contribution in [0.25, 0.3) is 0 Å². The number of aliphatic hydroxyl groups is 1. The van der Waals surface area contributed by atoms with Crippen LogP contribution in [0.1, 0.15) is 17.6 Å². The number of hydrogen-bond donors (Lipinski definition) is 1. The molecule has 1 N–H and O–H groups in total. The lowest BCUT2D eigenvalue weighted by Crippen LogP contribution is -2.00. The first-order valence-electron chi connectivity index (χ1n) is 3.29. The summed E-state index contributed by atoms with van der Waals surface area (Å²) in [6, 6.07) is 0. The van der Waals surface area contributed by atoms with Gasteiger partial charge in [-0.25, -0.2) is 18.2 Å². The molecule has 72 valence electrons. The summed E-state index contributed by atoms with van der Waals surface area (Å²) in [5.74, 6) is -1.11. The van der Waals surface area contributed by atoms with Gasteiger partial charge in [0, 0.05) is 11.8 Å². The number of aliphatic hydroxyl groups excluding tert-OH is 1. The van der Waals surface area contributed by atoms with Crippen LogP contribution in [-0.4, -0.2) is 10.1 Å². The fourth-order valence-electron chi connectivity index (χ4n) is 0.820. The molecular formula is C7H5BrF3NO. The van der Waals surface area contributed by atoms with Gasteiger partial charge >= 0.3 is 0 Å². The van der Waals surface area contributed by atoms with E-state index in [0.29, 0.717) is 0 Å². The summed E-state index contributed by atoms with van der Waals surface area (Å²) in [5, 5.41) is 8.58. The van der Waals surface area contributed by atoms with Crippen LogP contribution in [0.4, 0.5) is 13.2 Å². The van der Waals surface area contributed by atoms with Gasteiger partial charge in [-0.1, -0.05) is 0 Å². The third kappa shape index (κ3) is 2.00. The quantitative estimate of drug-likeness (QED) is 0.824. The van der Waals surface area contributed by atoms with Gasteiger partial charge in [-0.15, -0.1) is 0 Å². The monoisotopic (exact) mass is 255 g/mol. The number of pyridine rings is 1. The molecule has 1 heterocycles. The van der Waals surface area contributed by atoms with Crippen LogP contribution in [-0.2, 0) is 6.61 Å². The molecule has 13 heavy (non-hydrogen) atoms. The van der Waals surface area contributed by atoms with Gasteiger partial charge in [0.25, 0.3) is 6.43 Å². The van der Waals surface area contributed by atoms with E-state index in [1.165, 1.54) is 0 Å². The van der Waals surface area contributed by atoms with E-state index in [4.69, 9.17) is 5.11 Å². The van der Waals surface area contributed by atoms with Crippen LogP contribution < -0.4 is 0 Å². The zero-order valence-corrected chi connectivity index (χ0v) is 7.85. The topological polar surface area (TPSA) is 33.1 Å². The lowest BCUT2D eigenvalue weighted by atomic mass is 10.2. The molecule has 0 atom stereocenters. The fourth-order valence-corrected chi connectivity index (χ4v) is 1.27. The molecule has 0 aromatic carbocycles. The van der Waals surface area contributed by atoms with Crippen molar-refractivity contribution in [3.8, 4) is 0 Å². The molecule has 0 amide bonds. The van der Waals surface area contributed by atoms with Gasteiger partial charge in [-0.2, -0.15) is 0 Å². The zero-order chi connectivity index (χ0) is 10.0. The molecule has 0 aliphatic rings. The molecule has 0 unspecified atom stereocenters. The van der Waals surface area contributed by atoms with Crippen molar-refractivity contribution in [1.82, 2.24) is 4.98 Å². The second kappa shape index (κ2) is 4.06. The van der Waals surface area contributed by atoms with Gasteiger partial charge in [0.2, 0.25) is 0 Å². The summed E-state index contributed by atoms with van der Waals surface area (Å²) in [5.41, 5.74) is -1.05. The summed E-state index contributed by atoms with van der Waals surface area (Å²) in [7, 11) is 0. The highest BCUT2D eigenvalue weighted by Gasteiger charge is 2.20. The Bertz CT molecular complexity index is 319. The normalized spacial score (nSPS) is 10.9. The van der Waals surface area contributed by atoms with Gasteiger partial charge in [0.15, 0.2) is 0 Å². The van der Waals surface area contributed by atoms with Crippen molar-refractivity contribution < 1.29 is 18.3 Å². The van der Waals surface area contributed by atoms with E-state index in [0.717, 1.165) is 6.20 Å². The molecule has 0 bridgehead atoms. The van der Waals surface area contributed by atoms with Crippen molar-refractivity contribution in [1.29, 1.82) is 0 Å². The number of hydrogen-bond acceptors (Lipinski definition) is 2. The van der Waals surface area contributed by atoms with Crippen LogP contribution >= 0.6 is 15.9 Å². The Morgan fingerprint density at radius 1 is 1.54 bits per heavy atom. The van der Waals surface area contributed by atoms with Crippen molar-refractivity contribution in [3.05, 3.63) is 27.7 Å². The average Bonchev–Trinajstić information content (AvgIpc) is 2.04. The molecule has 0 radical (unpaired) electrons. The maximum atomic E-state index is 13.1. The molecule has 0 saturated carbocycles. The summed E-state index contributed by atoms with van der Waals surface area (Å²) >= 11 is 2.70. The van der Waals surface area contributed by atoms with Crippen LogP contribution in [0.3, 0.4) is 0 Å². The summed E-state index contributed by atoms with van der Waals surface area (Å²) in [6.45, 7) is -0.647. The highest BCUT2D eigenvalue weighted by atomic mass is 79.9. The summed E-state index contributed by atoms with van der Waals surface area (Å²) < 4.78 is 37.3. The fraction of sp³-hybridized carbons (Fsp3) is 0.286. The maximum absolute atomic E-state index is 13.1. The van der Waals surface area contributed by atoms with Crippen molar-refractivity contribution in [3.63, 3.8) is 0 Å². The highest BCUT2D eigenvalue weighted by molar-refractivity contribution is 9.10. The largest absolute Gasteiger partial charge is 0.392 e. The molecule has 1 rings (SSSR count). The Balaban J connectivity index is 3.30. The average molecular weight is 256 g/mol. The molecule has 1 aromatic heterocycles. The molecule has 0 aliphatic carbocycles. The number of aromatic nitrogens is 1. The minimum absolute atomic E-state index is 0.237. The SMILES string of the molecule is OCc1cnc(Br)c(C(F)F)c1F. The molecule has 0 aliphatic heterocycles.